The summed E-state index contributed by atoms with van der Waals surface area (Å²) in [7, 11) is 0. The van der Waals surface area contributed by atoms with E-state index in [0.717, 1.165) is 13.0 Å². The highest BCUT2D eigenvalue weighted by molar-refractivity contribution is 5.95. The zero-order chi connectivity index (χ0) is 13.1. The zero-order valence-corrected chi connectivity index (χ0v) is 10.1. The maximum Gasteiger partial charge on any atom is 0.325 e. The third-order valence-corrected chi connectivity index (χ3v) is 3.01. The lowest BCUT2D eigenvalue weighted by atomic mass is 10.0. The monoisotopic (exact) mass is 252 g/mol. The van der Waals surface area contributed by atoms with Crippen molar-refractivity contribution in [2.45, 2.75) is 25.9 Å². The fourth-order valence-electron chi connectivity index (χ4n) is 2.06. The van der Waals surface area contributed by atoms with E-state index in [1.54, 1.807) is 0 Å². The van der Waals surface area contributed by atoms with Gasteiger partial charge in [-0.1, -0.05) is 6.92 Å². The molecule has 0 radical (unpaired) electrons. The Kier molecular flexibility index (Phi) is 3.61. The first-order valence-corrected chi connectivity index (χ1v) is 5.85. The van der Waals surface area contributed by atoms with E-state index >= 15 is 0 Å². The predicted molar refractivity (Wildman–Crippen MR) is 64.1 cm³/mol. The Hall–Kier alpha value is -1.89. The van der Waals surface area contributed by atoms with Crippen LogP contribution in [0.15, 0.2) is 12.4 Å². The van der Waals surface area contributed by atoms with Gasteiger partial charge in [0, 0.05) is 6.20 Å². The van der Waals surface area contributed by atoms with Gasteiger partial charge in [-0.25, -0.2) is 0 Å². The maximum absolute atomic E-state index is 11.9. The van der Waals surface area contributed by atoms with Crippen LogP contribution in [0.5, 0.6) is 0 Å². The average Bonchev–Trinajstić information content (AvgIpc) is 2.87. The highest BCUT2D eigenvalue weighted by Crippen LogP contribution is 2.16. The van der Waals surface area contributed by atoms with E-state index in [9.17, 15) is 9.59 Å². The van der Waals surface area contributed by atoms with Crippen LogP contribution in [0.1, 0.15) is 13.3 Å². The summed E-state index contributed by atoms with van der Waals surface area (Å²) >= 11 is 0. The summed E-state index contributed by atoms with van der Waals surface area (Å²) in [6.07, 6.45) is 3.93. The number of carboxylic acid groups (broad SMARTS) is 1. The SMILES string of the molecule is CC1CCNC1C(=O)Nc1cnn(CC(=O)O)c1. The van der Waals surface area contributed by atoms with Gasteiger partial charge in [-0.2, -0.15) is 5.10 Å². The summed E-state index contributed by atoms with van der Waals surface area (Å²) in [6.45, 7) is 2.66. The van der Waals surface area contributed by atoms with Gasteiger partial charge >= 0.3 is 5.97 Å². The van der Waals surface area contributed by atoms with Gasteiger partial charge in [-0.05, 0) is 18.9 Å². The second-order valence-corrected chi connectivity index (χ2v) is 4.51. The number of aliphatic carboxylic acids is 1. The Bertz CT molecular complexity index is 457. The second kappa shape index (κ2) is 5.18. The minimum Gasteiger partial charge on any atom is -0.480 e. The molecule has 1 fully saturated rings. The smallest absolute Gasteiger partial charge is 0.325 e. The number of carbonyl (C=O) groups is 2. The summed E-state index contributed by atoms with van der Waals surface area (Å²) < 4.78 is 1.27. The standard InChI is InChI=1S/C11H16N4O3/c1-7-2-3-12-10(7)11(18)14-8-4-13-15(5-8)6-9(16)17/h4-5,7,10,12H,2-3,6H2,1H3,(H,14,18)(H,16,17). The molecule has 1 aliphatic heterocycles. The number of nitrogens with zero attached hydrogens (tertiary/aromatic N) is 2. The molecule has 7 nitrogen and oxygen atoms in total. The van der Waals surface area contributed by atoms with Crippen LogP contribution in [-0.4, -0.2) is 39.4 Å². The first kappa shape index (κ1) is 12.6. The predicted octanol–water partition coefficient (Wildman–Crippen LogP) is -0.0958. The lowest BCUT2D eigenvalue weighted by Gasteiger charge is -2.14. The molecule has 0 bridgehead atoms. The molecule has 0 spiro atoms. The molecule has 7 heteroatoms. The van der Waals surface area contributed by atoms with E-state index in [1.165, 1.54) is 17.1 Å². The number of hydrogen-bond acceptors (Lipinski definition) is 4. The minimum absolute atomic E-state index is 0.102. The quantitative estimate of drug-likeness (QED) is 0.695. The van der Waals surface area contributed by atoms with Gasteiger partial charge in [0.1, 0.15) is 6.54 Å². The second-order valence-electron chi connectivity index (χ2n) is 4.51. The third kappa shape index (κ3) is 2.86. The van der Waals surface area contributed by atoms with Crippen molar-refractivity contribution in [1.29, 1.82) is 0 Å². The van der Waals surface area contributed by atoms with E-state index in [4.69, 9.17) is 5.11 Å². The zero-order valence-electron chi connectivity index (χ0n) is 10.1. The molecule has 2 rings (SSSR count). The first-order chi connectivity index (χ1) is 8.56. The average molecular weight is 252 g/mol. The van der Waals surface area contributed by atoms with Crippen molar-refractivity contribution in [3.8, 4) is 0 Å². The van der Waals surface area contributed by atoms with Crippen LogP contribution < -0.4 is 10.6 Å². The molecule has 98 valence electrons. The minimum atomic E-state index is -0.970. The summed E-state index contributed by atoms with van der Waals surface area (Å²) in [4.78, 5) is 22.4. The van der Waals surface area contributed by atoms with Crippen LogP contribution in [0.25, 0.3) is 0 Å². The van der Waals surface area contributed by atoms with Crippen molar-refractivity contribution in [2.24, 2.45) is 5.92 Å². The summed E-state index contributed by atoms with van der Waals surface area (Å²) in [5.41, 5.74) is 0.516. The maximum atomic E-state index is 11.9. The molecule has 1 aromatic rings. The molecule has 0 aliphatic carbocycles. The molecule has 0 aromatic carbocycles. The molecular formula is C11H16N4O3. The van der Waals surface area contributed by atoms with Gasteiger partial charge in [0.05, 0.1) is 17.9 Å². The van der Waals surface area contributed by atoms with Crippen molar-refractivity contribution >= 4 is 17.6 Å². The topological polar surface area (TPSA) is 96.3 Å². The lowest BCUT2D eigenvalue weighted by Crippen LogP contribution is -2.38. The van der Waals surface area contributed by atoms with E-state index in [1.807, 2.05) is 6.92 Å². The summed E-state index contributed by atoms with van der Waals surface area (Å²) in [6, 6.07) is -0.187. The van der Waals surface area contributed by atoms with Gasteiger partial charge in [0.2, 0.25) is 5.91 Å². The van der Waals surface area contributed by atoms with Crippen molar-refractivity contribution in [2.75, 3.05) is 11.9 Å². The molecule has 1 saturated heterocycles. The molecular weight excluding hydrogens is 236 g/mol. The molecule has 18 heavy (non-hydrogen) atoms. The van der Waals surface area contributed by atoms with Crippen molar-refractivity contribution < 1.29 is 14.7 Å². The van der Waals surface area contributed by atoms with Crippen molar-refractivity contribution in [3.05, 3.63) is 12.4 Å². The normalized spacial score (nSPS) is 22.9. The number of hydrogen-bond donors (Lipinski definition) is 3. The van der Waals surface area contributed by atoms with Gasteiger partial charge in [0.15, 0.2) is 0 Å². The van der Waals surface area contributed by atoms with Crippen molar-refractivity contribution in [1.82, 2.24) is 15.1 Å². The molecule has 2 heterocycles. The number of amides is 1. The number of carboxylic acids is 1. The number of nitrogens with one attached hydrogen (secondary N) is 2. The highest BCUT2D eigenvalue weighted by atomic mass is 16.4. The Morgan fingerprint density at radius 2 is 2.44 bits per heavy atom. The van der Waals surface area contributed by atoms with Crippen molar-refractivity contribution in [3.63, 3.8) is 0 Å². The Morgan fingerprint density at radius 3 is 3.06 bits per heavy atom. The largest absolute Gasteiger partial charge is 0.480 e. The molecule has 2 atom stereocenters. The molecule has 1 amide bonds. The molecule has 2 unspecified atom stereocenters. The van der Waals surface area contributed by atoms with Crippen LogP contribution in [-0.2, 0) is 16.1 Å². The number of anilines is 1. The number of carbonyl (C=O) groups excluding carboxylic acids is 1. The van der Waals surface area contributed by atoms with Crippen LogP contribution in [0.2, 0.25) is 0 Å². The van der Waals surface area contributed by atoms with E-state index in [-0.39, 0.29) is 18.5 Å². The Morgan fingerprint density at radius 1 is 1.67 bits per heavy atom. The molecule has 3 N–H and O–H groups in total. The summed E-state index contributed by atoms with van der Waals surface area (Å²) in [5, 5.41) is 18.3. The van der Waals surface area contributed by atoms with Crippen LogP contribution in [0.4, 0.5) is 5.69 Å². The highest BCUT2D eigenvalue weighted by Gasteiger charge is 2.29. The van der Waals surface area contributed by atoms with E-state index < -0.39 is 5.97 Å². The van der Waals surface area contributed by atoms with Gasteiger partial charge in [-0.3, -0.25) is 14.3 Å². The van der Waals surface area contributed by atoms with E-state index in [0.29, 0.717) is 11.6 Å². The Balaban J connectivity index is 1.94. The molecule has 1 aliphatic rings. The summed E-state index contributed by atoms with van der Waals surface area (Å²) in [5.74, 6) is -0.768. The fraction of sp³-hybridized carbons (Fsp3) is 0.545. The number of rotatable bonds is 4. The first-order valence-electron chi connectivity index (χ1n) is 5.85. The molecule has 1 aromatic heterocycles. The van der Waals surface area contributed by atoms with Crippen LogP contribution in [0, 0.1) is 5.92 Å². The van der Waals surface area contributed by atoms with Crippen LogP contribution >= 0.6 is 0 Å². The Labute approximate surface area is 104 Å². The van der Waals surface area contributed by atoms with Gasteiger partial charge in [-0.15, -0.1) is 0 Å². The van der Waals surface area contributed by atoms with E-state index in [2.05, 4.69) is 15.7 Å². The lowest BCUT2D eigenvalue weighted by molar-refractivity contribution is -0.137. The fourth-order valence-corrected chi connectivity index (χ4v) is 2.06. The number of aromatic nitrogens is 2. The van der Waals surface area contributed by atoms with Gasteiger partial charge in [0.25, 0.3) is 0 Å². The van der Waals surface area contributed by atoms with Gasteiger partial charge < -0.3 is 15.7 Å². The molecule has 0 saturated carbocycles. The third-order valence-electron chi connectivity index (χ3n) is 3.01. The van der Waals surface area contributed by atoms with Crippen LogP contribution in [0.3, 0.4) is 0 Å².